The van der Waals surface area contributed by atoms with Crippen LogP contribution in [0.15, 0.2) is 52.1 Å². The van der Waals surface area contributed by atoms with Crippen LogP contribution in [0.5, 0.6) is 5.75 Å². The lowest BCUT2D eigenvalue weighted by molar-refractivity contribution is -0.131. The van der Waals surface area contributed by atoms with Gasteiger partial charge in [0.25, 0.3) is 5.91 Å². The lowest BCUT2D eigenvalue weighted by atomic mass is 10.2. The van der Waals surface area contributed by atoms with E-state index >= 15 is 0 Å². The quantitative estimate of drug-likeness (QED) is 0.941. The summed E-state index contributed by atoms with van der Waals surface area (Å²) < 4.78 is 10.9. The van der Waals surface area contributed by atoms with Gasteiger partial charge in [-0.2, -0.15) is 5.43 Å². The average molecular weight is 299 g/mol. The van der Waals surface area contributed by atoms with Crippen LogP contribution in [-0.2, 0) is 4.79 Å². The molecule has 1 aromatic heterocycles. The number of benzene rings is 1. The van der Waals surface area contributed by atoms with Gasteiger partial charge in [0, 0.05) is 0 Å². The number of amides is 1. The predicted octanol–water partition coefficient (Wildman–Crippen LogP) is 2.43. The summed E-state index contributed by atoms with van der Waals surface area (Å²) in [7, 11) is 0. The molecule has 1 aliphatic heterocycles. The summed E-state index contributed by atoms with van der Waals surface area (Å²) >= 11 is 0. The van der Waals surface area contributed by atoms with Gasteiger partial charge >= 0.3 is 0 Å². The standard InChI is InChI=1S/C16H17N3O3/c1-11-6-3-4-7-13(11)22-10-15(20)19-12(2)17-16(18-19)14-8-5-9-21-14/h3-9,16,18H,10H2,1-2H3. The van der Waals surface area contributed by atoms with Gasteiger partial charge in [0.2, 0.25) is 0 Å². The van der Waals surface area contributed by atoms with Crippen molar-refractivity contribution in [2.24, 2.45) is 4.99 Å². The number of aliphatic imine (C=N–C) groups is 1. The van der Waals surface area contributed by atoms with Crippen LogP contribution in [0.3, 0.4) is 0 Å². The van der Waals surface area contributed by atoms with Crippen molar-refractivity contribution in [3.63, 3.8) is 0 Å². The minimum atomic E-state index is -0.377. The molecule has 1 atom stereocenters. The van der Waals surface area contributed by atoms with Gasteiger partial charge in [0.05, 0.1) is 6.26 Å². The average Bonchev–Trinajstić information content (AvgIpc) is 3.15. The van der Waals surface area contributed by atoms with Crippen LogP contribution in [0.4, 0.5) is 0 Å². The molecule has 0 bridgehead atoms. The second-order valence-electron chi connectivity index (χ2n) is 5.01. The molecule has 1 N–H and O–H groups in total. The van der Waals surface area contributed by atoms with Crippen molar-refractivity contribution in [2.45, 2.75) is 20.0 Å². The van der Waals surface area contributed by atoms with Gasteiger partial charge in [-0.1, -0.05) is 18.2 Å². The fraction of sp³-hybridized carbons (Fsp3) is 0.250. The van der Waals surface area contributed by atoms with Crippen molar-refractivity contribution in [2.75, 3.05) is 6.61 Å². The number of furan rings is 1. The Kier molecular flexibility index (Phi) is 3.93. The SMILES string of the molecule is CC1=NC(c2ccco2)NN1C(=O)COc1ccccc1C. The Morgan fingerprint density at radius 2 is 2.14 bits per heavy atom. The topological polar surface area (TPSA) is 67.1 Å². The van der Waals surface area contributed by atoms with Crippen molar-refractivity contribution in [1.29, 1.82) is 0 Å². The van der Waals surface area contributed by atoms with Gasteiger partial charge in [-0.05, 0) is 37.6 Å². The summed E-state index contributed by atoms with van der Waals surface area (Å²) in [5.74, 6) is 1.74. The Morgan fingerprint density at radius 1 is 1.32 bits per heavy atom. The zero-order valence-corrected chi connectivity index (χ0v) is 12.4. The van der Waals surface area contributed by atoms with E-state index in [1.165, 1.54) is 5.01 Å². The molecule has 2 aromatic rings. The lowest BCUT2D eigenvalue weighted by Crippen LogP contribution is -2.44. The number of carbonyl (C=O) groups excluding carboxylic acids is 1. The number of ether oxygens (including phenoxy) is 1. The maximum Gasteiger partial charge on any atom is 0.280 e. The molecule has 0 saturated carbocycles. The molecule has 0 radical (unpaired) electrons. The number of carbonyl (C=O) groups is 1. The fourth-order valence-electron chi connectivity index (χ4n) is 2.24. The van der Waals surface area contributed by atoms with Crippen molar-refractivity contribution >= 4 is 11.7 Å². The van der Waals surface area contributed by atoms with Crippen molar-refractivity contribution in [1.82, 2.24) is 10.4 Å². The van der Waals surface area contributed by atoms with E-state index in [1.54, 1.807) is 19.3 Å². The van der Waals surface area contributed by atoms with E-state index < -0.39 is 0 Å². The molecule has 1 amide bonds. The maximum atomic E-state index is 12.3. The van der Waals surface area contributed by atoms with Crippen LogP contribution in [0.1, 0.15) is 24.4 Å². The zero-order valence-electron chi connectivity index (χ0n) is 12.4. The molecule has 2 heterocycles. The Hall–Kier alpha value is -2.60. The molecule has 0 aliphatic carbocycles. The molecular weight excluding hydrogens is 282 g/mol. The molecule has 6 heteroatoms. The van der Waals surface area contributed by atoms with Crippen LogP contribution in [0.25, 0.3) is 0 Å². The first-order valence-electron chi connectivity index (χ1n) is 7.00. The highest BCUT2D eigenvalue weighted by Gasteiger charge is 2.29. The van der Waals surface area contributed by atoms with Gasteiger partial charge in [-0.3, -0.25) is 4.79 Å². The normalized spacial score (nSPS) is 17.5. The van der Waals surface area contributed by atoms with Crippen LogP contribution in [0, 0.1) is 6.92 Å². The first-order valence-corrected chi connectivity index (χ1v) is 7.00. The van der Waals surface area contributed by atoms with E-state index in [-0.39, 0.29) is 18.7 Å². The van der Waals surface area contributed by atoms with Crippen LogP contribution < -0.4 is 10.2 Å². The van der Waals surface area contributed by atoms with Crippen LogP contribution in [0.2, 0.25) is 0 Å². The predicted molar refractivity (Wildman–Crippen MR) is 81.2 cm³/mol. The molecule has 0 spiro atoms. The molecule has 114 valence electrons. The highest BCUT2D eigenvalue weighted by atomic mass is 16.5. The Balaban J connectivity index is 1.62. The molecule has 1 aliphatic rings. The smallest absolute Gasteiger partial charge is 0.280 e. The first-order chi connectivity index (χ1) is 10.6. The van der Waals surface area contributed by atoms with Crippen LogP contribution in [-0.4, -0.2) is 23.4 Å². The van der Waals surface area contributed by atoms with Crippen molar-refractivity contribution < 1.29 is 13.9 Å². The molecular formula is C16H17N3O3. The molecule has 0 saturated heterocycles. The number of hydrogen-bond donors (Lipinski definition) is 1. The van der Waals surface area contributed by atoms with Gasteiger partial charge in [-0.15, -0.1) is 0 Å². The Labute approximate surface area is 128 Å². The number of amidine groups is 1. The summed E-state index contributed by atoms with van der Waals surface area (Å²) in [6.45, 7) is 3.64. The molecule has 1 unspecified atom stereocenters. The maximum absolute atomic E-state index is 12.3. The van der Waals surface area contributed by atoms with E-state index in [9.17, 15) is 4.79 Å². The third-order valence-corrected chi connectivity index (χ3v) is 3.40. The fourth-order valence-corrected chi connectivity index (χ4v) is 2.24. The zero-order chi connectivity index (χ0) is 15.5. The Bertz CT molecular complexity index is 694. The monoisotopic (exact) mass is 299 g/mol. The molecule has 1 aromatic carbocycles. The van der Waals surface area contributed by atoms with Gasteiger partial charge in [0.15, 0.2) is 12.8 Å². The summed E-state index contributed by atoms with van der Waals surface area (Å²) in [4.78, 5) is 16.6. The number of para-hydroxylation sites is 1. The van der Waals surface area contributed by atoms with Crippen molar-refractivity contribution in [3.8, 4) is 5.75 Å². The largest absolute Gasteiger partial charge is 0.483 e. The van der Waals surface area contributed by atoms with E-state index in [2.05, 4.69) is 10.4 Å². The first kappa shape index (κ1) is 14.3. The molecule has 0 fully saturated rings. The highest BCUT2D eigenvalue weighted by molar-refractivity contribution is 5.98. The van der Waals surface area contributed by atoms with Crippen LogP contribution >= 0.6 is 0 Å². The minimum Gasteiger partial charge on any atom is -0.483 e. The molecule has 22 heavy (non-hydrogen) atoms. The number of aryl methyl sites for hydroxylation is 1. The van der Waals surface area contributed by atoms with Gasteiger partial charge in [-0.25, -0.2) is 10.0 Å². The summed E-state index contributed by atoms with van der Waals surface area (Å²) in [6.07, 6.45) is 1.20. The number of nitrogens with one attached hydrogen (secondary N) is 1. The Morgan fingerprint density at radius 3 is 2.86 bits per heavy atom. The number of hydrogen-bond acceptors (Lipinski definition) is 5. The summed E-state index contributed by atoms with van der Waals surface area (Å²) in [5.41, 5.74) is 3.99. The third-order valence-electron chi connectivity index (χ3n) is 3.40. The van der Waals surface area contributed by atoms with Gasteiger partial charge in [0.1, 0.15) is 17.3 Å². The number of rotatable bonds is 4. The lowest BCUT2D eigenvalue weighted by Gasteiger charge is -2.18. The van der Waals surface area contributed by atoms with Gasteiger partial charge < -0.3 is 9.15 Å². The number of nitrogens with zero attached hydrogens (tertiary/aromatic N) is 2. The molecule has 3 rings (SSSR count). The second kappa shape index (κ2) is 6.03. The highest BCUT2D eigenvalue weighted by Crippen LogP contribution is 2.21. The van der Waals surface area contributed by atoms with E-state index in [0.29, 0.717) is 17.3 Å². The van der Waals surface area contributed by atoms with E-state index in [0.717, 1.165) is 5.56 Å². The van der Waals surface area contributed by atoms with Crippen molar-refractivity contribution in [3.05, 3.63) is 54.0 Å². The third kappa shape index (κ3) is 2.87. The minimum absolute atomic E-state index is 0.0599. The number of hydrazine groups is 1. The summed E-state index contributed by atoms with van der Waals surface area (Å²) in [6, 6.07) is 11.2. The summed E-state index contributed by atoms with van der Waals surface area (Å²) in [5, 5.41) is 1.39. The second-order valence-corrected chi connectivity index (χ2v) is 5.01. The van der Waals surface area contributed by atoms with E-state index in [1.807, 2.05) is 37.3 Å². The van der Waals surface area contributed by atoms with E-state index in [4.69, 9.17) is 9.15 Å². The molecule has 6 nitrogen and oxygen atoms in total.